The molecule has 1 amide bonds. The Morgan fingerprint density at radius 1 is 1.24 bits per heavy atom. The molecule has 0 saturated carbocycles. The Labute approximate surface area is 122 Å². The van der Waals surface area contributed by atoms with Crippen LogP contribution in [0.15, 0.2) is 36.0 Å². The maximum absolute atomic E-state index is 12.6. The molecule has 0 fully saturated rings. The van der Waals surface area contributed by atoms with E-state index in [2.05, 4.69) is 15.3 Å². The second-order valence-corrected chi connectivity index (χ2v) is 5.27. The number of carbonyl (C=O) groups excluding carboxylic acids is 1. The lowest BCUT2D eigenvalue weighted by Crippen LogP contribution is -2.37. The molecule has 1 aromatic heterocycles. The van der Waals surface area contributed by atoms with Gasteiger partial charge in [-0.1, -0.05) is 11.6 Å². The maximum Gasteiger partial charge on any atom is 0.280 e. The average Bonchev–Trinajstić information content (AvgIpc) is 3.01. The number of carbonyl (C=O) groups is 1. The molecule has 108 valence electrons. The highest BCUT2D eigenvalue weighted by Crippen LogP contribution is 2.30. The van der Waals surface area contributed by atoms with E-state index in [1.165, 1.54) is 17.3 Å². The number of nitrogens with zero attached hydrogens (tertiary/aromatic N) is 6. The summed E-state index contributed by atoms with van der Waals surface area (Å²) in [5.74, 6) is -0.113. The molecule has 0 aliphatic carbocycles. The van der Waals surface area contributed by atoms with Crippen LogP contribution in [0.5, 0.6) is 0 Å². The van der Waals surface area contributed by atoms with Gasteiger partial charge in [0.05, 0.1) is 12.4 Å². The number of fused-ring (bicyclic) bond motifs is 1. The predicted octanol–water partition coefficient (Wildman–Crippen LogP) is 0.705. The number of amides is 1. The van der Waals surface area contributed by atoms with E-state index in [9.17, 15) is 4.79 Å². The van der Waals surface area contributed by atoms with Crippen LogP contribution < -0.4 is 4.90 Å². The smallest absolute Gasteiger partial charge is 0.280 e. The molecule has 0 radical (unpaired) electrons. The predicted molar refractivity (Wildman–Crippen MR) is 79.2 cm³/mol. The zero-order valence-electron chi connectivity index (χ0n) is 12.2. The lowest BCUT2D eigenvalue weighted by atomic mass is 10.1. The Bertz CT molecular complexity index is 704. The molecule has 1 aromatic carbocycles. The van der Waals surface area contributed by atoms with Gasteiger partial charge in [0.1, 0.15) is 12.7 Å². The minimum atomic E-state index is -0.113. The van der Waals surface area contributed by atoms with Gasteiger partial charge in [-0.3, -0.25) is 14.6 Å². The third-order valence-electron chi connectivity index (χ3n) is 3.19. The van der Waals surface area contributed by atoms with Crippen LogP contribution in [-0.4, -0.2) is 52.2 Å². The van der Waals surface area contributed by atoms with Crippen LogP contribution in [0, 0.1) is 6.92 Å². The molecule has 3 rings (SSSR count). The van der Waals surface area contributed by atoms with Gasteiger partial charge in [-0.05, 0) is 33.2 Å². The van der Waals surface area contributed by atoms with Crippen molar-refractivity contribution in [2.75, 3.05) is 25.7 Å². The second-order valence-electron chi connectivity index (χ2n) is 5.27. The first kappa shape index (κ1) is 13.4. The third kappa shape index (κ3) is 2.43. The quantitative estimate of drug-likeness (QED) is 0.832. The molecular weight excluding hydrogens is 268 g/mol. The molecule has 1 aliphatic heterocycles. The van der Waals surface area contributed by atoms with Crippen molar-refractivity contribution in [1.29, 1.82) is 0 Å². The minimum absolute atomic E-state index is 0.113. The Hall–Kier alpha value is -2.54. The Morgan fingerprint density at radius 2 is 1.95 bits per heavy atom. The maximum atomic E-state index is 12.6. The molecule has 0 spiro atoms. The van der Waals surface area contributed by atoms with Gasteiger partial charge >= 0.3 is 0 Å². The van der Waals surface area contributed by atoms with E-state index in [0.717, 1.165) is 16.8 Å². The van der Waals surface area contributed by atoms with Gasteiger partial charge in [0.25, 0.3) is 5.91 Å². The highest BCUT2D eigenvalue weighted by atomic mass is 16.2. The summed E-state index contributed by atoms with van der Waals surface area (Å²) in [7, 11) is 3.85. The van der Waals surface area contributed by atoms with E-state index < -0.39 is 0 Å². The summed E-state index contributed by atoms with van der Waals surface area (Å²) in [6.07, 6.45) is 2.93. The van der Waals surface area contributed by atoms with Crippen LogP contribution in [0.2, 0.25) is 0 Å². The SMILES string of the molecule is Cc1ccc2c(c1)/C(=N/n1cnnc1)C(=O)N2CN(C)C. The molecule has 0 bridgehead atoms. The largest absolute Gasteiger partial charge is 0.293 e. The van der Waals surface area contributed by atoms with Gasteiger partial charge < -0.3 is 0 Å². The number of anilines is 1. The summed E-state index contributed by atoms with van der Waals surface area (Å²) in [6, 6.07) is 5.93. The topological polar surface area (TPSA) is 66.6 Å². The molecular formula is C14H16N6O. The van der Waals surface area contributed by atoms with E-state index in [1.54, 1.807) is 4.90 Å². The molecule has 0 atom stereocenters. The van der Waals surface area contributed by atoms with E-state index in [-0.39, 0.29) is 5.91 Å². The summed E-state index contributed by atoms with van der Waals surface area (Å²) in [5, 5.41) is 11.7. The van der Waals surface area contributed by atoms with Crippen LogP contribution in [0.3, 0.4) is 0 Å². The molecule has 7 nitrogen and oxygen atoms in total. The standard InChI is InChI=1S/C14H16N6O/c1-10-4-5-12-11(6-10)13(17-19-7-15-16-8-19)14(21)20(12)9-18(2)3/h4-8H,9H2,1-3H3/b17-13-. The number of aromatic nitrogens is 3. The van der Waals surface area contributed by atoms with Gasteiger partial charge in [-0.2, -0.15) is 5.10 Å². The van der Waals surface area contributed by atoms with Crippen LogP contribution in [0.25, 0.3) is 0 Å². The summed E-state index contributed by atoms with van der Waals surface area (Å²) in [6.45, 7) is 2.51. The zero-order chi connectivity index (χ0) is 15.0. The van der Waals surface area contributed by atoms with E-state index >= 15 is 0 Å². The second kappa shape index (κ2) is 5.10. The van der Waals surface area contributed by atoms with E-state index in [4.69, 9.17) is 0 Å². The summed E-state index contributed by atoms with van der Waals surface area (Å²) in [5.41, 5.74) is 3.22. The first-order chi connectivity index (χ1) is 10.1. The van der Waals surface area contributed by atoms with Crippen molar-refractivity contribution in [2.45, 2.75) is 6.92 Å². The fourth-order valence-electron chi connectivity index (χ4n) is 2.31. The Balaban J connectivity index is 2.10. The molecule has 1 aliphatic rings. The van der Waals surface area contributed by atoms with Crippen molar-refractivity contribution in [1.82, 2.24) is 19.8 Å². The molecule has 21 heavy (non-hydrogen) atoms. The lowest BCUT2D eigenvalue weighted by Gasteiger charge is -2.21. The fourth-order valence-corrected chi connectivity index (χ4v) is 2.31. The van der Waals surface area contributed by atoms with Crippen LogP contribution in [0.1, 0.15) is 11.1 Å². The summed E-state index contributed by atoms with van der Waals surface area (Å²) < 4.78 is 1.44. The number of rotatable bonds is 3. The van der Waals surface area contributed by atoms with Crippen molar-refractivity contribution < 1.29 is 4.79 Å². The van der Waals surface area contributed by atoms with Crippen molar-refractivity contribution in [3.8, 4) is 0 Å². The minimum Gasteiger partial charge on any atom is -0.293 e. The van der Waals surface area contributed by atoms with Crippen molar-refractivity contribution >= 4 is 17.3 Å². The molecule has 0 saturated heterocycles. The summed E-state index contributed by atoms with van der Waals surface area (Å²) >= 11 is 0. The number of hydrogen-bond donors (Lipinski definition) is 0. The highest BCUT2D eigenvalue weighted by molar-refractivity contribution is 6.54. The summed E-state index contributed by atoms with van der Waals surface area (Å²) in [4.78, 5) is 16.3. The van der Waals surface area contributed by atoms with E-state index in [0.29, 0.717) is 12.4 Å². The lowest BCUT2D eigenvalue weighted by molar-refractivity contribution is -0.112. The highest BCUT2D eigenvalue weighted by Gasteiger charge is 2.34. The normalized spacial score (nSPS) is 16.1. The van der Waals surface area contributed by atoms with Gasteiger partial charge in [0.2, 0.25) is 0 Å². The van der Waals surface area contributed by atoms with Gasteiger partial charge in [-0.25, -0.2) is 4.68 Å². The van der Waals surface area contributed by atoms with Gasteiger partial charge in [0.15, 0.2) is 5.71 Å². The first-order valence-electron chi connectivity index (χ1n) is 6.57. The molecule has 0 N–H and O–H groups in total. The molecule has 2 heterocycles. The number of hydrogen-bond acceptors (Lipinski definition) is 5. The molecule has 7 heteroatoms. The fraction of sp³-hybridized carbons (Fsp3) is 0.286. The third-order valence-corrected chi connectivity index (χ3v) is 3.19. The van der Waals surface area contributed by atoms with Crippen molar-refractivity contribution in [2.24, 2.45) is 5.10 Å². The monoisotopic (exact) mass is 284 g/mol. The number of benzene rings is 1. The van der Waals surface area contributed by atoms with Crippen molar-refractivity contribution in [3.63, 3.8) is 0 Å². The molecule has 0 unspecified atom stereocenters. The van der Waals surface area contributed by atoms with E-state index in [1.807, 2.05) is 44.1 Å². The Kier molecular flexibility index (Phi) is 3.26. The van der Waals surface area contributed by atoms with Crippen LogP contribution in [-0.2, 0) is 4.79 Å². The van der Waals surface area contributed by atoms with Crippen LogP contribution in [0.4, 0.5) is 5.69 Å². The van der Waals surface area contributed by atoms with Crippen molar-refractivity contribution in [3.05, 3.63) is 42.0 Å². The first-order valence-corrected chi connectivity index (χ1v) is 6.57. The number of aryl methyl sites for hydroxylation is 1. The zero-order valence-corrected chi connectivity index (χ0v) is 12.2. The molecule has 2 aromatic rings. The van der Waals surface area contributed by atoms with Gasteiger partial charge in [-0.15, -0.1) is 10.2 Å². The average molecular weight is 284 g/mol. The van der Waals surface area contributed by atoms with Crippen LogP contribution >= 0.6 is 0 Å². The Morgan fingerprint density at radius 3 is 2.62 bits per heavy atom. The van der Waals surface area contributed by atoms with Gasteiger partial charge in [0, 0.05) is 5.56 Å².